The van der Waals surface area contributed by atoms with Gasteiger partial charge in [-0.1, -0.05) is 0 Å². The molecule has 0 bridgehead atoms. The summed E-state index contributed by atoms with van der Waals surface area (Å²) in [4.78, 5) is 46.2. The minimum Gasteiger partial charge on any atom is -0.495 e. The van der Waals surface area contributed by atoms with E-state index < -0.39 is 22.3 Å². The highest BCUT2D eigenvalue weighted by molar-refractivity contribution is 6.23. The topological polar surface area (TPSA) is 147 Å². The number of methoxy groups -OCH3 is 1. The van der Waals surface area contributed by atoms with Crippen LogP contribution in [0.3, 0.4) is 0 Å². The number of non-ortho nitro benzene ring substituents is 1. The Morgan fingerprint density at radius 3 is 2.54 bits per heavy atom. The van der Waals surface area contributed by atoms with Crippen molar-refractivity contribution in [3.8, 4) is 11.4 Å². The van der Waals surface area contributed by atoms with E-state index in [1.165, 1.54) is 19.2 Å². The number of imide groups is 1. The van der Waals surface area contributed by atoms with Crippen LogP contribution in [0.2, 0.25) is 0 Å². The summed E-state index contributed by atoms with van der Waals surface area (Å²) in [5, 5.41) is 13.0. The lowest BCUT2D eigenvalue weighted by atomic mass is 10.1. The Balaban J connectivity index is 2.36. The monoisotopic (exact) mass is 330 g/mol. The largest absolute Gasteiger partial charge is 0.495 e. The average Bonchev–Trinajstić information content (AvgIpc) is 2.81. The van der Waals surface area contributed by atoms with Crippen LogP contribution < -0.4 is 21.3 Å². The third-order valence-corrected chi connectivity index (χ3v) is 3.57. The van der Waals surface area contributed by atoms with Gasteiger partial charge in [0, 0.05) is 18.2 Å². The highest BCUT2D eigenvalue weighted by Gasteiger charge is 2.32. The van der Waals surface area contributed by atoms with Gasteiger partial charge in [0.25, 0.3) is 23.1 Å². The van der Waals surface area contributed by atoms with E-state index in [4.69, 9.17) is 10.5 Å². The predicted molar refractivity (Wildman–Crippen MR) is 81.5 cm³/mol. The summed E-state index contributed by atoms with van der Waals surface area (Å²) in [6.45, 7) is 0. The Hall–Kier alpha value is -3.69. The van der Waals surface area contributed by atoms with Crippen molar-refractivity contribution in [2.45, 2.75) is 0 Å². The van der Waals surface area contributed by atoms with Gasteiger partial charge >= 0.3 is 0 Å². The van der Waals surface area contributed by atoms with Crippen LogP contribution in [-0.2, 0) is 0 Å². The minimum absolute atomic E-state index is 0.0100. The number of hydrogen-bond acceptors (Lipinski definition) is 7. The number of nitro groups is 1. The maximum absolute atomic E-state index is 12.4. The van der Waals surface area contributed by atoms with Crippen LogP contribution in [0.4, 0.5) is 11.5 Å². The van der Waals surface area contributed by atoms with Gasteiger partial charge in [0.05, 0.1) is 28.8 Å². The summed E-state index contributed by atoms with van der Waals surface area (Å²) in [6.07, 6.45) is 0. The Labute approximate surface area is 133 Å². The standard InChI is InChI=1S/C14H10N4O6/c1-24-9-3-2-6(18(22)23)4-8(9)17-10(19)5-7-11(12(17)15)14(21)16-13(7)20/h2-5H,15H2,1H3,(H,16,20,21). The lowest BCUT2D eigenvalue weighted by molar-refractivity contribution is -0.384. The number of carbonyl (C=O) groups excluding carboxylic acids is 2. The molecule has 10 nitrogen and oxygen atoms in total. The number of fused-ring (bicyclic) bond motifs is 1. The van der Waals surface area contributed by atoms with Crippen molar-refractivity contribution in [2.75, 3.05) is 12.8 Å². The maximum Gasteiger partial charge on any atom is 0.271 e. The number of aromatic nitrogens is 1. The van der Waals surface area contributed by atoms with Gasteiger partial charge in [0.15, 0.2) is 0 Å². The molecule has 1 aliphatic heterocycles. The molecule has 1 aromatic carbocycles. The summed E-state index contributed by atoms with van der Waals surface area (Å²) >= 11 is 0. The molecule has 0 aliphatic carbocycles. The number of amides is 2. The number of carbonyl (C=O) groups is 2. The molecule has 2 amide bonds. The fourth-order valence-corrected chi connectivity index (χ4v) is 2.49. The summed E-state index contributed by atoms with van der Waals surface area (Å²) < 4.78 is 6.00. The van der Waals surface area contributed by atoms with E-state index in [2.05, 4.69) is 0 Å². The molecule has 2 heterocycles. The van der Waals surface area contributed by atoms with E-state index in [0.29, 0.717) is 0 Å². The number of nitrogens with zero attached hydrogens (tertiary/aromatic N) is 2. The molecule has 1 aliphatic rings. The first-order valence-corrected chi connectivity index (χ1v) is 6.59. The Morgan fingerprint density at radius 2 is 1.92 bits per heavy atom. The van der Waals surface area contributed by atoms with Crippen LogP contribution in [0.25, 0.3) is 5.69 Å². The molecule has 0 radical (unpaired) electrons. The number of benzene rings is 1. The average molecular weight is 330 g/mol. The van der Waals surface area contributed by atoms with Crippen LogP contribution in [0.15, 0.2) is 29.1 Å². The van der Waals surface area contributed by atoms with E-state index in [9.17, 15) is 24.5 Å². The van der Waals surface area contributed by atoms with Crippen LogP contribution >= 0.6 is 0 Å². The smallest absolute Gasteiger partial charge is 0.271 e. The van der Waals surface area contributed by atoms with Crippen molar-refractivity contribution in [1.82, 2.24) is 9.88 Å². The molecule has 2 aromatic rings. The molecule has 3 N–H and O–H groups in total. The molecule has 0 unspecified atom stereocenters. The van der Waals surface area contributed by atoms with Gasteiger partial charge < -0.3 is 10.5 Å². The highest BCUT2D eigenvalue weighted by Crippen LogP contribution is 2.30. The Bertz CT molecular complexity index is 978. The van der Waals surface area contributed by atoms with Crippen molar-refractivity contribution in [1.29, 1.82) is 0 Å². The van der Waals surface area contributed by atoms with E-state index in [1.807, 2.05) is 5.32 Å². The number of nitrogens with one attached hydrogen (secondary N) is 1. The summed E-state index contributed by atoms with van der Waals surface area (Å²) in [7, 11) is 1.31. The van der Waals surface area contributed by atoms with Crippen LogP contribution in [0.1, 0.15) is 20.7 Å². The molecule has 0 atom stereocenters. The number of nitrogens with two attached hydrogens (primary N) is 1. The normalized spacial score (nSPS) is 12.7. The maximum atomic E-state index is 12.4. The van der Waals surface area contributed by atoms with Gasteiger partial charge in [-0.05, 0) is 6.07 Å². The molecule has 0 spiro atoms. The Morgan fingerprint density at radius 1 is 1.21 bits per heavy atom. The fraction of sp³-hybridized carbons (Fsp3) is 0.0714. The second-order valence-corrected chi connectivity index (χ2v) is 4.89. The first-order valence-electron chi connectivity index (χ1n) is 6.59. The van der Waals surface area contributed by atoms with Gasteiger partial charge in [-0.3, -0.25) is 34.4 Å². The van der Waals surface area contributed by atoms with Crippen LogP contribution in [0, 0.1) is 10.1 Å². The van der Waals surface area contributed by atoms with Gasteiger partial charge in [0.1, 0.15) is 11.6 Å². The minimum atomic E-state index is -0.745. The van der Waals surface area contributed by atoms with E-state index >= 15 is 0 Å². The molecule has 122 valence electrons. The summed E-state index contributed by atoms with van der Waals surface area (Å²) in [5.41, 5.74) is 4.57. The first-order chi connectivity index (χ1) is 11.3. The summed E-state index contributed by atoms with van der Waals surface area (Å²) in [6, 6.07) is 4.55. The number of anilines is 1. The number of nitro benzene ring substituents is 1. The third-order valence-electron chi connectivity index (χ3n) is 3.57. The van der Waals surface area contributed by atoms with Crippen LogP contribution in [-0.4, -0.2) is 28.4 Å². The molecule has 0 saturated carbocycles. The summed E-state index contributed by atoms with van der Waals surface area (Å²) in [5.74, 6) is -1.64. The van der Waals surface area contributed by atoms with Crippen molar-refractivity contribution < 1.29 is 19.2 Å². The SMILES string of the molecule is COc1ccc([N+](=O)[O-])cc1-n1c(N)c2c(cc1=O)C(=O)NC2=O. The van der Waals surface area contributed by atoms with Gasteiger partial charge in [0.2, 0.25) is 0 Å². The fourth-order valence-electron chi connectivity index (χ4n) is 2.49. The number of ether oxygens (including phenoxy) is 1. The molecule has 1 aromatic heterocycles. The van der Waals surface area contributed by atoms with Crippen molar-refractivity contribution >= 4 is 23.3 Å². The first kappa shape index (κ1) is 15.2. The van der Waals surface area contributed by atoms with E-state index in [-0.39, 0.29) is 34.1 Å². The molecule has 10 heteroatoms. The lowest BCUT2D eigenvalue weighted by Crippen LogP contribution is -2.24. The number of pyridine rings is 1. The quantitative estimate of drug-likeness (QED) is 0.465. The molecule has 0 saturated heterocycles. The second-order valence-electron chi connectivity index (χ2n) is 4.89. The lowest BCUT2D eigenvalue weighted by Gasteiger charge is -2.14. The predicted octanol–water partition coefficient (Wildman–Crippen LogP) is 0.220. The van der Waals surface area contributed by atoms with Gasteiger partial charge in [-0.25, -0.2) is 0 Å². The van der Waals surface area contributed by atoms with Crippen molar-refractivity contribution in [3.05, 3.63) is 55.9 Å². The van der Waals surface area contributed by atoms with Crippen molar-refractivity contribution in [3.63, 3.8) is 0 Å². The van der Waals surface area contributed by atoms with Crippen LogP contribution in [0.5, 0.6) is 5.75 Å². The number of hydrogen-bond donors (Lipinski definition) is 2. The van der Waals surface area contributed by atoms with E-state index in [1.54, 1.807) is 0 Å². The third kappa shape index (κ3) is 2.08. The molecular weight excluding hydrogens is 320 g/mol. The zero-order valence-corrected chi connectivity index (χ0v) is 12.2. The molecular formula is C14H10N4O6. The number of nitrogen functional groups attached to an aromatic ring is 1. The van der Waals surface area contributed by atoms with Gasteiger partial charge in [-0.2, -0.15) is 0 Å². The molecule has 3 rings (SSSR count). The second kappa shape index (κ2) is 5.19. The zero-order chi connectivity index (χ0) is 17.6. The Kier molecular flexibility index (Phi) is 3.29. The highest BCUT2D eigenvalue weighted by atomic mass is 16.6. The number of rotatable bonds is 3. The van der Waals surface area contributed by atoms with E-state index in [0.717, 1.165) is 16.7 Å². The van der Waals surface area contributed by atoms with Gasteiger partial charge in [-0.15, -0.1) is 0 Å². The molecule has 0 fully saturated rings. The zero-order valence-electron chi connectivity index (χ0n) is 12.2. The molecule has 24 heavy (non-hydrogen) atoms. The van der Waals surface area contributed by atoms with Crippen molar-refractivity contribution in [2.24, 2.45) is 0 Å².